The molecular weight excluding hydrogens is 290 g/mol. The van der Waals surface area contributed by atoms with Crippen LogP contribution in [0.2, 0.25) is 0 Å². The number of carboxylic acid groups (broad SMARTS) is 1. The maximum Gasteiger partial charge on any atom is 0.340 e. The van der Waals surface area contributed by atoms with Crippen LogP contribution in [-0.2, 0) is 4.79 Å². The van der Waals surface area contributed by atoms with Crippen molar-refractivity contribution >= 4 is 28.4 Å². The van der Waals surface area contributed by atoms with Crippen molar-refractivity contribution in [1.29, 1.82) is 0 Å². The number of hydrogen-bond acceptors (Lipinski definition) is 5. The predicted molar refractivity (Wildman–Crippen MR) is 79.7 cm³/mol. The Labute approximate surface area is 127 Å². The molecule has 3 N–H and O–H groups in total. The second-order valence-electron chi connectivity index (χ2n) is 6.00. The lowest BCUT2D eigenvalue weighted by molar-refractivity contribution is -0.117. The van der Waals surface area contributed by atoms with Crippen molar-refractivity contribution < 1.29 is 14.7 Å². The number of rotatable bonds is 4. The number of hydrogen-bond donors (Lipinski definition) is 3. The average Bonchev–Trinajstić information content (AvgIpc) is 2.92. The van der Waals surface area contributed by atoms with Crippen LogP contribution in [0.5, 0.6) is 0 Å². The molecule has 2 aliphatic rings. The molecule has 1 amide bonds. The van der Waals surface area contributed by atoms with Crippen LogP contribution in [-0.4, -0.2) is 33.4 Å². The topological polar surface area (TPSA) is 91.3 Å². The van der Waals surface area contributed by atoms with E-state index in [0.29, 0.717) is 35.1 Å². The smallest absolute Gasteiger partial charge is 0.340 e. The molecule has 2 bridgehead atoms. The number of carbonyl (C=O) groups is 2. The van der Waals surface area contributed by atoms with Crippen LogP contribution in [0, 0.1) is 12.8 Å². The first-order valence-electron chi connectivity index (χ1n) is 7.28. The Morgan fingerprint density at radius 1 is 1.38 bits per heavy atom. The van der Waals surface area contributed by atoms with Crippen LogP contribution < -0.4 is 10.6 Å². The quantitative estimate of drug-likeness (QED) is 0.791. The molecule has 0 aromatic carbocycles. The van der Waals surface area contributed by atoms with Crippen molar-refractivity contribution in [2.45, 2.75) is 51.1 Å². The monoisotopic (exact) mass is 309 g/mol. The van der Waals surface area contributed by atoms with E-state index in [0.717, 1.165) is 24.4 Å². The maximum atomic E-state index is 12.2. The molecule has 3 rings (SSSR count). The number of fused-ring (bicyclic) bond motifs is 2. The number of aryl methyl sites for hydroxylation is 1. The standard InChI is InChI=1S/C14H19N3O3S/c1-7-12(14(19)20)13(21-17-7)16-11(18)6-8-4-9-2-3-10(5-8)15-9/h8-10,15H,2-6H2,1H3,(H,16,18)(H,19,20). The average molecular weight is 309 g/mol. The van der Waals surface area contributed by atoms with E-state index in [4.69, 9.17) is 5.11 Å². The summed E-state index contributed by atoms with van der Waals surface area (Å²) in [4.78, 5) is 23.3. The van der Waals surface area contributed by atoms with Gasteiger partial charge in [0.15, 0.2) is 0 Å². The Hall–Kier alpha value is -1.47. The first kappa shape index (κ1) is 14.5. The van der Waals surface area contributed by atoms with E-state index in [-0.39, 0.29) is 11.5 Å². The molecule has 114 valence electrons. The first-order chi connectivity index (χ1) is 10.0. The number of aromatic carboxylic acids is 1. The SMILES string of the molecule is Cc1nsc(NC(=O)CC2CC3CCC(C2)N3)c1C(=O)O. The van der Waals surface area contributed by atoms with E-state index in [1.165, 1.54) is 12.8 Å². The molecule has 7 heteroatoms. The fraction of sp³-hybridized carbons (Fsp3) is 0.643. The molecule has 21 heavy (non-hydrogen) atoms. The van der Waals surface area contributed by atoms with Gasteiger partial charge in [-0.25, -0.2) is 4.79 Å². The van der Waals surface area contributed by atoms with Gasteiger partial charge in [0.25, 0.3) is 0 Å². The minimum Gasteiger partial charge on any atom is -0.478 e. The van der Waals surface area contributed by atoms with Gasteiger partial charge in [-0.15, -0.1) is 0 Å². The third kappa shape index (κ3) is 3.08. The Kier molecular flexibility index (Phi) is 3.95. The number of nitrogens with one attached hydrogen (secondary N) is 2. The van der Waals surface area contributed by atoms with E-state index in [9.17, 15) is 9.59 Å². The Bertz CT molecular complexity index is 560. The van der Waals surface area contributed by atoms with Crippen LogP contribution in [0.4, 0.5) is 5.00 Å². The third-order valence-corrected chi connectivity index (χ3v) is 5.23. The number of amides is 1. The summed E-state index contributed by atoms with van der Waals surface area (Å²) in [6.07, 6.45) is 4.96. The van der Waals surface area contributed by atoms with Crippen molar-refractivity contribution in [2.24, 2.45) is 5.92 Å². The van der Waals surface area contributed by atoms with Crippen molar-refractivity contribution in [3.8, 4) is 0 Å². The number of nitrogens with zero attached hydrogens (tertiary/aromatic N) is 1. The van der Waals surface area contributed by atoms with Gasteiger partial charge in [-0.1, -0.05) is 0 Å². The molecule has 2 atom stereocenters. The van der Waals surface area contributed by atoms with Crippen LogP contribution >= 0.6 is 11.5 Å². The number of carboxylic acids is 1. The van der Waals surface area contributed by atoms with Crippen molar-refractivity contribution in [3.63, 3.8) is 0 Å². The highest BCUT2D eigenvalue weighted by atomic mass is 32.1. The molecule has 0 spiro atoms. The molecular formula is C14H19N3O3S. The Morgan fingerprint density at radius 2 is 2.05 bits per heavy atom. The van der Waals surface area contributed by atoms with Gasteiger partial charge in [0.2, 0.25) is 5.91 Å². The number of carbonyl (C=O) groups excluding carboxylic acids is 1. The summed E-state index contributed by atoms with van der Waals surface area (Å²) in [5.74, 6) is -0.755. The van der Waals surface area contributed by atoms with E-state index in [1.54, 1.807) is 6.92 Å². The van der Waals surface area contributed by atoms with Gasteiger partial charge in [0.1, 0.15) is 10.6 Å². The largest absolute Gasteiger partial charge is 0.478 e. The Morgan fingerprint density at radius 3 is 2.67 bits per heavy atom. The van der Waals surface area contributed by atoms with Crippen molar-refractivity contribution in [1.82, 2.24) is 9.69 Å². The van der Waals surface area contributed by atoms with Gasteiger partial charge in [-0.05, 0) is 50.1 Å². The van der Waals surface area contributed by atoms with Gasteiger partial charge < -0.3 is 15.7 Å². The van der Waals surface area contributed by atoms with Crippen LogP contribution in [0.1, 0.15) is 48.2 Å². The molecule has 0 saturated carbocycles. The summed E-state index contributed by atoms with van der Waals surface area (Å²) in [7, 11) is 0. The predicted octanol–water partition coefficient (Wildman–Crippen LogP) is 2.01. The second-order valence-corrected chi connectivity index (χ2v) is 6.78. The maximum absolute atomic E-state index is 12.2. The number of anilines is 1. The molecule has 0 radical (unpaired) electrons. The van der Waals surface area contributed by atoms with E-state index in [1.807, 2.05) is 0 Å². The zero-order valence-electron chi connectivity index (χ0n) is 11.9. The number of piperidine rings is 1. The van der Waals surface area contributed by atoms with E-state index >= 15 is 0 Å². The summed E-state index contributed by atoms with van der Waals surface area (Å²) in [5.41, 5.74) is 0.557. The molecule has 3 heterocycles. The molecule has 1 aromatic heterocycles. The van der Waals surface area contributed by atoms with Gasteiger partial charge in [0, 0.05) is 18.5 Å². The second kappa shape index (κ2) is 5.73. The summed E-state index contributed by atoms with van der Waals surface area (Å²) in [6.45, 7) is 1.64. The van der Waals surface area contributed by atoms with Gasteiger partial charge in [-0.3, -0.25) is 4.79 Å². The molecule has 0 aliphatic carbocycles. The molecule has 2 aliphatic heterocycles. The van der Waals surface area contributed by atoms with E-state index in [2.05, 4.69) is 15.0 Å². The minimum absolute atomic E-state index is 0.104. The fourth-order valence-electron chi connectivity index (χ4n) is 3.49. The lowest BCUT2D eigenvalue weighted by Gasteiger charge is -2.28. The fourth-order valence-corrected chi connectivity index (χ4v) is 4.29. The molecule has 1 aromatic rings. The molecule has 2 saturated heterocycles. The van der Waals surface area contributed by atoms with Crippen LogP contribution in [0.3, 0.4) is 0 Å². The summed E-state index contributed by atoms with van der Waals surface area (Å²) in [5, 5.41) is 15.8. The molecule has 2 fully saturated rings. The minimum atomic E-state index is -1.04. The van der Waals surface area contributed by atoms with Gasteiger partial charge in [-0.2, -0.15) is 4.37 Å². The normalized spacial score (nSPS) is 27.6. The van der Waals surface area contributed by atoms with Crippen molar-refractivity contribution in [2.75, 3.05) is 5.32 Å². The summed E-state index contributed by atoms with van der Waals surface area (Å²) in [6, 6.07) is 1.11. The third-order valence-electron chi connectivity index (χ3n) is 4.37. The first-order valence-corrected chi connectivity index (χ1v) is 8.05. The highest BCUT2D eigenvalue weighted by Gasteiger charge is 2.34. The highest BCUT2D eigenvalue weighted by Crippen LogP contribution is 2.33. The van der Waals surface area contributed by atoms with Gasteiger partial charge in [0.05, 0.1) is 5.69 Å². The lowest BCUT2D eigenvalue weighted by atomic mass is 9.89. The number of aromatic nitrogens is 1. The summed E-state index contributed by atoms with van der Waals surface area (Å²) >= 11 is 1.03. The van der Waals surface area contributed by atoms with Crippen molar-refractivity contribution in [3.05, 3.63) is 11.3 Å². The Balaban J connectivity index is 1.61. The van der Waals surface area contributed by atoms with Crippen LogP contribution in [0.15, 0.2) is 0 Å². The summed E-state index contributed by atoms with van der Waals surface area (Å²) < 4.78 is 4.01. The van der Waals surface area contributed by atoms with E-state index < -0.39 is 5.97 Å². The van der Waals surface area contributed by atoms with Crippen LogP contribution in [0.25, 0.3) is 0 Å². The molecule has 6 nitrogen and oxygen atoms in total. The highest BCUT2D eigenvalue weighted by molar-refractivity contribution is 7.11. The zero-order valence-corrected chi connectivity index (χ0v) is 12.7. The zero-order chi connectivity index (χ0) is 15.0. The lowest BCUT2D eigenvalue weighted by Crippen LogP contribution is -2.39. The van der Waals surface area contributed by atoms with Gasteiger partial charge >= 0.3 is 5.97 Å². The molecule has 2 unspecified atom stereocenters.